The number of benzene rings is 1. The molecular formula is C11H16N2O2S. The highest BCUT2D eigenvalue weighted by atomic mass is 32.2. The van der Waals surface area contributed by atoms with Crippen molar-refractivity contribution < 1.29 is 8.42 Å². The molecule has 1 aromatic carbocycles. The quantitative estimate of drug-likeness (QED) is 0.629. The Morgan fingerprint density at radius 2 is 1.94 bits per heavy atom. The van der Waals surface area contributed by atoms with E-state index in [0.717, 1.165) is 5.56 Å². The first-order chi connectivity index (χ1) is 7.55. The number of hydrogen-bond acceptors (Lipinski definition) is 3. The van der Waals surface area contributed by atoms with Crippen LogP contribution in [0.1, 0.15) is 25.8 Å². The highest BCUT2D eigenvalue weighted by Crippen LogP contribution is 2.00. The first-order valence-corrected chi connectivity index (χ1v) is 6.79. The van der Waals surface area contributed by atoms with Crippen LogP contribution in [0.3, 0.4) is 0 Å². The molecule has 1 aromatic rings. The molecule has 16 heavy (non-hydrogen) atoms. The number of nitrogens with zero attached hydrogens (tertiary/aromatic N) is 1. The molecule has 0 aliphatic heterocycles. The lowest BCUT2D eigenvalue weighted by atomic mass is 10.1. The Morgan fingerprint density at radius 3 is 2.50 bits per heavy atom. The molecular weight excluding hydrogens is 224 g/mol. The predicted octanol–water partition coefficient (Wildman–Crippen LogP) is 1.74. The van der Waals surface area contributed by atoms with E-state index >= 15 is 0 Å². The Kier molecular flexibility index (Phi) is 4.49. The number of rotatable bonds is 5. The van der Waals surface area contributed by atoms with E-state index in [1.807, 2.05) is 37.3 Å². The van der Waals surface area contributed by atoms with Gasteiger partial charge in [-0.25, -0.2) is 13.2 Å². The lowest BCUT2D eigenvalue weighted by Crippen LogP contribution is -2.22. The normalized spacial score (nSPS) is 12.5. The molecule has 4 nitrogen and oxygen atoms in total. The highest BCUT2D eigenvalue weighted by Gasteiger charge is 2.06. The SMILES string of the molecule is CCCS(=O)(=O)N/N=C(\C)c1ccccc1. The molecule has 0 spiro atoms. The number of sulfonamides is 1. The van der Waals surface area contributed by atoms with E-state index in [1.54, 1.807) is 6.92 Å². The average molecular weight is 240 g/mol. The minimum atomic E-state index is -3.27. The van der Waals surface area contributed by atoms with Gasteiger partial charge in [0.2, 0.25) is 10.0 Å². The molecule has 0 radical (unpaired) electrons. The van der Waals surface area contributed by atoms with Gasteiger partial charge in [0, 0.05) is 0 Å². The minimum Gasteiger partial charge on any atom is -0.205 e. The summed E-state index contributed by atoms with van der Waals surface area (Å²) in [5, 5.41) is 3.86. The fraction of sp³-hybridized carbons (Fsp3) is 0.364. The van der Waals surface area contributed by atoms with E-state index in [0.29, 0.717) is 12.1 Å². The molecule has 1 rings (SSSR count). The maximum absolute atomic E-state index is 11.3. The summed E-state index contributed by atoms with van der Waals surface area (Å²) in [6.07, 6.45) is 0.579. The third kappa shape index (κ3) is 4.02. The van der Waals surface area contributed by atoms with Crippen molar-refractivity contribution in [2.24, 2.45) is 5.10 Å². The van der Waals surface area contributed by atoms with Crippen LogP contribution in [0.15, 0.2) is 35.4 Å². The van der Waals surface area contributed by atoms with E-state index in [1.165, 1.54) is 0 Å². The monoisotopic (exact) mass is 240 g/mol. The smallest absolute Gasteiger partial charge is 0.205 e. The molecule has 0 bridgehead atoms. The topological polar surface area (TPSA) is 58.5 Å². The Bertz CT molecular complexity index is 452. The summed E-state index contributed by atoms with van der Waals surface area (Å²) in [6.45, 7) is 3.58. The zero-order valence-corrected chi connectivity index (χ0v) is 10.3. The van der Waals surface area contributed by atoms with Crippen LogP contribution in [0.2, 0.25) is 0 Å². The zero-order valence-electron chi connectivity index (χ0n) is 9.47. The van der Waals surface area contributed by atoms with Crippen LogP contribution in [-0.2, 0) is 10.0 Å². The van der Waals surface area contributed by atoms with Crippen molar-refractivity contribution in [1.29, 1.82) is 0 Å². The molecule has 0 aliphatic carbocycles. The summed E-state index contributed by atoms with van der Waals surface area (Å²) in [7, 11) is -3.27. The largest absolute Gasteiger partial charge is 0.247 e. The second-order valence-corrected chi connectivity index (χ2v) is 5.29. The van der Waals surface area contributed by atoms with Gasteiger partial charge in [-0.15, -0.1) is 0 Å². The van der Waals surface area contributed by atoms with Gasteiger partial charge in [0.05, 0.1) is 11.5 Å². The first kappa shape index (κ1) is 12.7. The van der Waals surface area contributed by atoms with Crippen molar-refractivity contribution in [3.63, 3.8) is 0 Å². The van der Waals surface area contributed by atoms with Gasteiger partial charge in [-0.05, 0) is 18.9 Å². The summed E-state index contributed by atoms with van der Waals surface area (Å²) >= 11 is 0. The molecule has 0 aromatic heterocycles. The minimum absolute atomic E-state index is 0.0958. The molecule has 0 atom stereocenters. The van der Waals surface area contributed by atoms with E-state index in [2.05, 4.69) is 9.93 Å². The molecule has 1 N–H and O–H groups in total. The van der Waals surface area contributed by atoms with E-state index in [4.69, 9.17) is 0 Å². The second-order valence-electron chi connectivity index (χ2n) is 3.47. The van der Waals surface area contributed by atoms with Crippen LogP contribution in [0.25, 0.3) is 0 Å². The lowest BCUT2D eigenvalue weighted by molar-refractivity contribution is 0.583. The highest BCUT2D eigenvalue weighted by molar-refractivity contribution is 7.89. The molecule has 88 valence electrons. The molecule has 0 amide bonds. The molecule has 0 fully saturated rings. The van der Waals surface area contributed by atoms with Crippen molar-refractivity contribution in [3.05, 3.63) is 35.9 Å². The number of hydrazone groups is 1. The molecule has 5 heteroatoms. The van der Waals surface area contributed by atoms with Crippen LogP contribution in [0.5, 0.6) is 0 Å². The zero-order chi connectivity index (χ0) is 12.0. The van der Waals surface area contributed by atoms with Gasteiger partial charge in [0.1, 0.15) is 0 Å². The molecule has 0 saturated carbocycles. The summed E-state index contributed by atoms with van der Waals surface area (Å²) in [5.41, 5.74) is 1.56. The molecule has 0 aliphatic rings. The van der Waals surface area contributed by atoms with Crippen LogP contribution < -0.4 is 4.83 Å². The standard InChI is InChI=1S/C11H16N2O2S/c1-3-9-16(14,15)13-12-10(2)11-7-5-4-6-8-11/h4-8,13H,3,9H2,1-2H3/b12-10+. The predicted molar refractivity (Wildman–Crippen MR) is 65.9 cm³/mol. The molecule has 0 saturated heterocycles. The van der Waals surface area contributed by atoms with Crippen molar-refractivity contribution >= 4 is 15.7 Å². The lowest BCUT2D eigenvalue weighted by Gasteiger charge is -2.03. The first-order valence-electron chi connectivity index (χ1n) is 5.14. The van der Waals surface area contributed by atoms with Gasteiger partial charge < -0.3 is 0 Å². The van der Waals surface area contributed by atoms with Crippen molar-refractivity contribution in [3.8, 4) is 0 Å². The van der Waals surface area contributed by atoms with Gasteiger partial charge in [0.15, 0.2) is 0 Å². The van der Waals surface area contributed by atoms with Crippen LogP contribution >= 0.6 is 0 Å². The van der Waals surface area contributed by atoms with Gasteiger partial charge in [0.25, 0.3) is 0 Å². The van der Waals surface area contributed by atoms with Crippen LogP contribution in [-0.4, -0.2) is 19.9 Å². The van der Waals surface area contributed by atoms with Gasteiger partial charge >= 0.3 is 0 Å². The van der Waals surface area contributed by atoms with Crippen LogP contribution in [0.4, 0.5) is 0 Å². The fourth-order valence-corrected chi connectivity index (χ4v) is 2.10. The van der Waals surface area contributed by atoms with E-state index in [-0.39, 0.29) is 5.75 Å². The maximum Gasteiger partial charge on any atom is 0.247 e. The Hall–Kier alpha value is -1.36. The summed E-state index contributed by atoms with van der Waals surface area (Å²) < 4.78 is 22.7. The number of nitrogens with one attached hydrogen (secondary N) is 1. The maximum atomic E-state index is 11.3. The third-order valence-electron chi connectivity index (χ3n) is 2.02. The van der Waals surface area contributed by atoms with Crippen molar-refractivity contribution in [2.45, 2.75) is 20.3 Å². The van der Waals surface area contributed by atoms with Gasteiger partial charge in [-0.1, -0.05) is 37.3 Å². The van der Waals surface area contributed by atoms with Crippen molar-refractivity contribution in [2.75, 3.05) is 5.75 Å². The van der Waals surface area contributed by atoms with Gasteiger partial charge in [-0.3, -0.25) is 0 Å². The summed E-state index contributed by atoms with van der Waals surface area (Å²) in [6, 6.07) is 9.43. The third-order valence-corrected chi connectivity index (χ3v) is 3.33. The second kappa shape index (κ2) is 5.65. The van der Waals surface area contributed by atoms with E-state index < -0.39 is 10.0 Å². The summed E-state index contributed by atoms with van der Waals surface area (Å²) in [4.78, 5) is 2.22. The van der Waals surface area contributed by atoms with Crippen molar-refractivity contribution in [1.82, 2.24) is 4.83 Å². The average Bonchev–Trinajstić information content (AvgIpc) is 2.27. The summed E-state index contributed by atoms with van der Waals surface area (Å²) in [5.74, 6) is 0.0958. The van der Waals surface area contributed by atoms with Crippen LogP contribution in [0, 0.1) is 0 Å². The van der Waals surface area contributed by atoms with E-state index in [9.17, 15) is 8.42 Å². The number of hydrogen-bond donors (Lipinski definition) is 1. The Balaban J connectivity index is 2.73. The molecule has 0 unspecified atom stereocenters. The Morgan fingerprint density at radius 1 is 1.31 bits per heavy atom. The molecule has 0 heterocycles. The van der Waals surface area contributed by atoms with Gasteiger partial charge in [-0.2, -0.15) is 5.10 Å². The fourth-order valence-electron chi connectivity index (χ4n) is 1.20. The Labute approximate surface area is 96.4 Å².